The second-order valence-corrected chi connectivity index (χ2v) is 5.99. The van der Waals surface area contributed by atoms with Crippen molar-refractivity contribution in [3.8, 4) is 0 Å². The lowest BCUT2D eigenvalue weighted by Crippen LogP contribution is -2.31. The SMILES string of the molecule is CCOC(=O)C(=NNc1ccc(Cl)cc1)C(=S)Nc1ccccc1Cl. The van der Waals surface area contributed by atoms with Crippen LogP contribution in [-0.4, -0.2) is 23.3 Å². The van der Waals surface area contributed by atoms with E-state index in [1.807, 2.05) is 0 Å². The lowest BCUT2D eigenvalue weighted by Gasteiger charge is -2.11. The molecule has 0 radical (unpaired) electrons. The average Bonchev–Trinajstić information content (AvgIpc) is 2.59. The van der Waals surface area contributed by atoms with Crippen molar-refractivity contribution < 1.29 is 9.53 Å². The van der Waals surface area contributed by atoms with Crippen molar-refractivity contribution in [1.29, 1.82) is 0 Å². The summed E-state index contributed by atoms with van der Waals surface area (Å²) < 4.78 is 5.01. The van der Waals surface area contributed by atoms with Crippen LogP contribution in [0.4, 0.5) is 11.4 Å². The largest absolute Gasteiger partial charge is 0.461 e. The van der Waals surface area contributed by atoms with Gasteiger partial charge in [-0.1, -0.05) is 47.6 Å². The van der Waals surface area contributed by atoms with Crippen LogP contribution in [0.3, 0.4) is 0 Å². The van der Waals surface area contributed by atoms with Gasteiger partial charge >= 0.3 is 5.97 Å². The van der Waals surface area contributed by atoms with Gasteiger partial charge in [0.05, 0.1) is 23.0 Å². The predicted octanol–water partition coefficient (Wildman–Crippen LogP) is 4.76. The van der Waals surface area contributed by atoms with Crippen molar-refractivity contribution in [3.05, 3.63) is 58.6 Å². The van der Waals surface area contributed by atoms with Crippen molar-refractivity contribution in [1.82, 2.24) is 0 Å². The van der Waals surface area contributed by atoms with Crippen LogP contribution in [-0.2, 0) is 9.53 Å². The fraction of sp³-hybridized carbons (Fsp3) is 0.118. The molecule has 8 heteroatoms. The summed E-state index contributed by atoms with van der Waals surface area (Å²) in [4.78, 5) is 12.3. The van der Waals surface area contributed by atoms with Gasteiger partial charge < -0.3 is 10.1 Å². The first-order chi connectivity index (χ1) is 12.0. The molecular weight excluding hydrogens is 381 g/mol. The number of benzene rings is 2. The first kappa shape index (κ1) is 19.2. The molecule has 2 aromatic rings. The molecular formula is C17H15Cl2N3O2S. The van der Waals surface area contributed by atoms with Gasteiger partial charge in [0, 0.05) is 5.02 Å². The highest BCUT2D eigenvalue weighted by atomic mass is 35.5. The van der Waals surface area contributed by atoms with Gasteiger partial charge in [0.1, 0.15) is 4.99 Å². The fourth-order valence-electron chi connectivity index (χ4n) is 1.78. The lowest BCUT2D eigenvalue weighted by atomic mass is 10.3. The summed E-state index contributed by atoms with van der Waals surface area (Å²) in [5.41, 5.74) is 3.91. The molecule has 0 spiro atoms. The third-order valence-electron chi connectivity index (χ3n) is 2.95. The normalized spacial score (nSPS) is 10.9. The van der Waals surface area contributed by atoms with Crippen LogP contribution in [0.15, 0.2) is 53.6 Å². The Morgan fingerprint density at radius 2 is 1.84 bits per heavy atom. The molecule has 0 saturated carbocycles. The van der Waals surface area contributed by atoms with Crippen molar-refractivity contribution in [2.45, 2.75) is 6.92 Å². The number of para-hydroxylation sites is 1. The van der Waals surface area contributed by atoms with E-state index < -0.39 is 5.97 Å². The second-order valence-electron chi connectivity index (χ2n) is 4.73. The van der Waals surface area contributed by atoms with Gasteiger partial charge in [-0.3, -0.25) is 5.43 Å². The monoisotopic (exact) mass is 395 g/mol. The zero-order valence-electron chi connectivity index (χ0n) is 13.3. The average molecular weight is 396 g/mol. The number of hydrogen-bond donors (Lipinski definition) is 2. The molecule has 0 bridgehead atoms. The van der Waals surface area contributed by atoms with E-state index in [4.69, 9.17) is 40.2 Å². The summed E-state index contributed by atoms with van der Waals surface area (Å²) in [7, 11) is 0. The van der Waals surface area contributed by atoms with E-state index in [0.29, 0.717) is 21.4 Å². The Morgan fingerprint density at radius 3 is 2.48 bits per heavy atom. The maximum Gasteiger partial charge on any atom is 0.361 e. The van der Waals surface area contributed by atoms with E-state index in [-0.39, 0.29) is 17.3 Å². The smallest absolute Gasteiger partial charge is 0.361 e. The van der Waals surface area contributed by atoms with E-state index in [2.05, 4.69) is 15.8 Å². The Bertz CT molecular complexity index is 795. The van der Waals surface area contributed by atoms with Crippen molar-refractivity contribution in [3.63, 3.8) is 0 Å². The number of nitrogens with one attached hydrogen (secondary N) is 2. The summed E-state index contributed by atoms with van der Waals surface area (Å²) in [6, 6.07) is 13.9. The molecule has 2 rings (SSSR count). The number of halogens is 2. The predicted molar refractivity (Wildman–Crippen MR) is 107 cm³/mol. The Balaban J connectivity index is 2.21. The maximum absolute atomic E-state index is 12.2. The topological polar surface area (TPSA) is 62.7 Å². The van der Waals surface area contributed by atoms with Crippen LogP contribution in [0.2, 0.25) is 10.0 Å². The maximum atomic E-state index is 12.2. The molecule has 0 heterocycles. The molecule has 2 aromatic carbocycles. The number of anilines is 2. The van der Waals surface area contributed by atoms with Gasteiger partial charge in [-0.25, -0.2) is 4.79 Å². The number of rotatable bonds is 6. The molecule has 0 aliphatic heterocycles. The number of hydrogen-bond acceptors (Lipinski definition) is 5. The third kappa shape index (κ3) is 5.70. The van der Waals surface area contributed by atoms with Crippen LogP contribution < -0.4 is 10.7 Å². The minimum atomic E-state index is -0.645. The molecule has 2 N–H and O–H groups in total. The highest BCUT2D eigenvalue weighted by Crippen LogP contribution is 2.20. The fourth-order valence-corrected chi connectivity index (χ4v) is 2.33. The number of carbonyl (C=O) groups excluding carboxylic acids is 1. The zero-order valence-corrected chi connectivity index (χ0v) is 15.6. The summed E-state index contributed by atoms with van der Waals surface area (Å²) in [6.45, 7) is 1.90. The quantitative estimate of drug-likeness (QED) is 0.319. The van der Waals surface area contributed by atoms with Gasteiger partial charge in [-0.05, 0) is 43.3 Å². The molecule has 0 aromatic heterocycles. The summed E-state index contributed by atoms with van der Waals surface area (Å²) in [5.74, 6) is -0.645. The van der Waals surface area contributed by atoms with Gasteiger partial charge in [0.15, 0.2) is 0 Å². The zero-order chi connectivity index (χ0) is 18.2. The standard InChI is InChI=1S/C17H15Cl2N3O2S/c1-2-24-17(23)15(22-21-12-9-7-11(18)8-10-12)16(25)20-14-6-4-3-5-13(14)19/h3-10,21H,2H2,1H3,(H,20,25). The molecule has 0 aliphatic carbocycles. The molecule has 130 valence electrons. The molecule has 25 heavy (non-hydrogen) atoms. The van der Waals surface area contributed by atoms with E-state index >= 15 is 0 Å². The van der Waals surface area contributed by atoms with E-state index in [1.54, 1.807) is 55.5 Å². The summed E-state index contributed by atoms with van der Waals surface area (Å²) >= 11 is 17.2. The number of carbonyl (C=O) groups is 1. The third-order valence-corrected chi connectivity index (χ3v) is 3.82. The van der Waals surface area contributed by atoms with Crippen molar-refractivity contribution >= 4 is 63.5 Å². The highest BCUT2D eigenvalue weighted by Gasteiger charge is 2.19. The summed E-state index contributed by atoms with van der Waals surface area (Å²) in [6.07, 6.45) is 0. The molecule has 0 amide bonds. The Hall–Kier alpha value is -2.15. The van der Waals surface area contributed by atoms with E-state index in [0.717, 1.165) is 0 Å². The molecule has 0 aliphatic rings. The molecule has 0 saturated heterocycles. The lowest BCUT2D eigenvalue weighted by molar-refractivity contribution is -0.134. The van der Waals surface area contributed by atoms with Crippen LogP contribution >= 0.6 is 35.4 Å². The van der Waals surface area contributed by atoms with Gasteiger partial charge in [-0.2, -0.15) is 5.10 Å². The molecule has 0 atom stereocenters. The highest BCUT2D eigenvalue weighted by molar-refractivity contribution is 7.82. The van der Waals surface area contributed by atoms with E-state index in [1.165, 1.54) is 0 Å². The Morgan fingerprint density at radius 1 is 1.16 bits per heavy atom. The van der Waals surface area contributed by atoms with Crippen molar-refractivity contribution in [2.75, 3.05) is 17.3 Å². The van der Waals surface area contributed by atoms with Crippen LogP contribution in [0, 0.1) is 0 Å². The number of nitrogens with zero attached hydrogens (tertiary/aromatic N) is 1. The van der Waals surface area contributed by atoms with Gasteiger partial charge in [-0.15, -0.1) is 0 Å². The minimum Gasteiger partial charge on any atom is -0.461 e. The number of thiocarbonyl (C=S) groups is 1. The molecule has 5 nitrogen and oxygen atoms in total. The first-order valence-electron chi connectivity index (χ1n) is 7.33. The number of ether oxygens (including phenoxy) is 1. The number of hydrazone groups is 1. The Labute approximate surface area is 161 Å². The van der Waals surface area contributed by atoms with E-state index in [9.17, 15) is 4.79 Å². The van der Waals surface area contributed by atoms with Crippen molar-refractivity contribution in [2.24, 2.45) is 5.10 Å². The minimum absolute atomic E-state index is 0.0632. The second kappa shape index (κ2) is 9.36. The number of esters is 1. The van der Waals surface area contributed by atoms with Crippen LogP contribution in [0.5, 0.6) is 0 Å². The van der Waals surface area contributed by atoms with Gasteiger partial charge in [0.2, 0.25) is 5.71 Å². The van der Waals surface area contributed by atoms with Gasteiger partial charge in [0.25, 0.3) is 0 Å². The first-order valence-corrected chi connectivity index (χ1v) is 8.50. The Kier molecular flexibility index (Phi) is 7.18. The molecule has 0 fully saturated rings. The van der Waals surface area contributed by atoms with Crippen LogP contribution in [0.1, 0.15) is 6.92 Å². The summed E-state index contributed by atoms with van der Waals surface area (Å²) in [5, 5.41) is 8.04. The molecule has 0 unspecified atom stereocenters. The van der Waals surface area contributed by atoms with Crippen LogP contribution in [0.25, 0.3) is 0 Å².